The van der Waals surface area contributed by atoms with Crippen LogP contribution in [-0.4, -0.2) is 77.1 Å². The lowest BCUT2D eigenvalue weighted by Gasteiger charge is -2.29. The predicted molar refractivity (Wildman–Crippen MR) is 158 cm³/mol. The molecule has 13 heteroatoms. The van der Waals surface area contributed by atoms with Gasteiger partial charge in [0.15, 0.2) is 0 Å². The van der Waals surface area contributed by atoms with Crippen molar-refractivity contribution in [2.24, 2.45) is 17.8 Å². The first kappa shape index (κ1) is 31.0. The Labute approximate surface area is 259 Å². The lowest BCUT2D eigenvalue weighted by molar-refractivity contribution is -0.141. The fraction of sp³-hybridized carbons (Fsp3) is 0.594. The molecule has 3 heterocycles. The summed E-state index contributed by atoms with van der Waals surface area (Å²) >= 11 is 0. The van der Waals surface area contributed by atoms with Crippen LogP contribution in [0.3, 0.4) is 0 Å². The van der Waals surface area contributed by atoms with Crippen LogP contribution in [0.5, 0.6) is 5.75 Å². The average Bonchev–Trinajstić information content (AvgIpc) is 3.81. The zero-order valence-corrected chi connectivity index (χ0v) is 25.0. The molecule has 5 atom stereocenters. The molecule has 2 aromatic rings. The number of nitrogens with one attached hydrogen (secondary N) is 4. The number of aromatic nitrogens is 1. The SMILES string of the molecule is O=C(NC1CCCCC1)C(=O)C(CC1CCNC1=O)NC(=O)[C@@H]1C2CCCC2CN1C(=O)c1cc2c(OC(F)F)cccc2[nH]1. The molecule has 0 radical (unpaired) electrons. The molecule has 0 bridgehead atoms. The Morgan fingerprint density at radius 3 is 2.56 bits per heavy atom. The van der Waals surface area contributed by atoms with Crippen LogP contribution in [0.4, 0.5) is 8.78 Å². The molecule has 2 aliphatic carbocycles. The van der Waals surface area contributed by atoms with Gasteiger partial charge in [0, 0.05) is 36.0 Å². The zero-order chi connectivity index (χ0) is 31.7. The van der Waals surface area contributed by atoms with Gasteiger partial charge in [-0.05, 0) is 68.6 Å². The van der Waals surface area contributed by atoms with E-state index in [0.717, 1.165) is 51.4 Å². The number of rotatable bonds is 10. The number of hydrogen-bond donors (Lipinski definition) is 4. The number of halogens is 2. The highest BCUT2D eigenvalue weighted by molar-refractivity contribution is 6.38. The fourth-order valence-corrected chi connectivity index (χ4v) is 7.75. The van der Waals surface area contributed by atoms with Crippen LogP contribution in [0.2, 0.25) is 0 Å². The zero-order valence-electron chi connectivity index (χ0n) is 25.0. The summed E-state index contributed by atoms with van der Waals surface area (Å²) in [6.45, 7) is -2.26. The maximum Gasteiger partial charge on any atom is 0.387 e. The summed E-state index contributed by atoms with van der Waals surface area (Å²) in [5.41, 5.74) is 0.552. The lowest BCUT2D eigenvalue weighted by atomic mass is 9.91. The van der Waals surface area contributed by atoms with Crippen LogP contribution in [0.15, 0.2) is 24.3 Å². The smallest absolute Gasteiger partial charge is 0.387 e. The van der Waals surface area contributed by atoms with Gasteiger partial charge in [0.05, 0.1) is 6.04 Å². The van der Waals surface area contributed by atoms with Crippen LogP contribution < -0.4 is 20.7 Å². The number of Topliss-reactive ketones (excluding diaryl/α,β-unsaturated/α-hetero) is 1. The van der Waals surface area contributed by atoms with E-state index < -0.39 is 48.1 Å². The molecule has 4 fully saturated rings. The van der Waals surface area contributed by atoms with Crippen molar-refractivity contribution in [3.05, 3.63) is 30.0 Å². The second-order valence-electron chi connectivity index (χ2n) is 12.8. The number of ether oxygens (including phenoxy) is 1. The number of likely N-dealkylation sites (tertiary alicyclic amines) is 1. The minimum absolute atomic E-state index is 0.0157. The van der Waals surface area contributed by atoms with E-state index in [1.807, 2.05) is 0 Å². The van der Waals surface area contributed by atoms with Gasteiger partial charge in [-0.3, -0.25) is 24.0 Å². The van der Waals surface area contributed by atoms with E-state index in [0.29, 0.717) is 30.4 Å². The summed E-state index contributed by atoms with van der Waals surface area (Å²) in [4.78, 5) is 71.5. The summed E-state index contributed by atoms with van der Waals surface area (Å²) in [7, 11) is 0. The number of amides is 4. The van der Waals surface area contributed by atoms with Gasteiger partial charge >= 0.3 is 6.61 Å². The molecule has 11 nitrogen and oxygen atoms in total. The number of hydrogen-bond acceptors (Lipinski definition) is 6. The number of aromatic amines is 1. The Bertz CT molecular complexity index is 1470. The molecule has 4 N–H and O–H groups in total. The highest BCUT2D eigenvalue weighted by Crippen LogP contribution is 2.43. The van der Waals surface area contributed by atoms with Gasteiger partial charge in [-0.15, -0.1) is 0 Å². The van der Waals surface area contributed by atoms with Crippen LogP contribution in [0.25, 0.3) is 10.9 Å². The molecular formula is C32H39F2N5O6. The lowest BCUT2D eigenvalue weighted by Crippen LogP contribution is -2.56. The Morgan fingerprint density at radius 2 is 1.82 bits per heavy atom. The Kier molecular flexibility index (Phi) is 9.04. The summed E-state index contributed by atoms with van der Waals surface area (Å²) in [6.07, 6.45) is 7.51. The third-order valence-electron chi connectivity index (χ3n) is 9.97. The standard InChI is InChI=1S/C32H39F2N5O6/c33-32(34)45-25-11-5-10-22-21(25)15-24(37-22)31(44)39-16-18-6-4-9-20(18)26(39)29(42)38-23(14-17-12-13-35-28(17)41)27(40)30(43)36-19-7-2-1-3-8-19/h5,10-11,15,17-20,23,26,32,37H,1-4,6-9,12-14,16H2,(H,35,41)(H,36,43)(H,38,42)/t17?,18?,20?,23?,26-/m0/s1. The average molecular weight is 628 g/mol. The van der Waals surface area contributed by atoms with Crippen molar-refractivity contribution in [3.8, 4) is 5.75 Å². The highest BCUT2D eigenvalue weighted by Gasteiger charge is 2.50. The minimum atomic E-state index is -3.04. The largest absolute Gasteiger partial charge is 0.434 e. The monoisotopic (exact) mass is 627 g/mol. The third kappa shape index (κ3) is 6.53. The van der Waals surface area contributed by atoms with Crippen molar-refractivity contribution in [1.29, 1.82) is 0 Å². The predicted octanol–water partition coefficient (Wildman–Crippen LogP) is 3.04. The minimum Gasteiger partial charge on any atom is -0.434 e. The summed E-state index contributed by atoms with van der Waals surface area (Å²) in [5.74, 6) is -3.48. The first-order valence-corrected chi connectivity index (χ1v) is 16.0. The molecule has 45 heavy (non-hydrogen) atoms. The first-order chi connectivity index (χ1) is 21.7. The van der Waals surface area contributed by atoms with Crippen molar-refractivity contribution in [3.63, 3.8) is 0 Å². The summed E-state index contributed by atoms with van der Waals surface area (Å²) < 4.78 is 30.6. The van der Waals surface area contributed by atoms with Crippen molar-refractivity contribution in [1.82, 2.24) is 25.8 Å². The number of ketones is 1. The topological polar surface area (TPSA) is 150 Å². The fourth-order valence-electron chi connectivity index (χ4n) is 7.75. The van der Waals surface area contributed by atoms with Crippen LogP contribution >= 0.6 is 0 Å². The molecule has 2 saturated carbocycles. The quantitative estimate of drug-likeness (QED) is 0.298. The van der Waals surface area contributed by atoms with Crippen LogP contribution in [-0.2, 0) is 19.2 Å². The van der Waals surface area contributed by atoms with Gasteiger partial charge in [-0.1, -0.05) is 31.7 Å². The number of carbonyl (C=O) groups is 5. The Hall–Kier alpha value is -4.03. The van der Waals surface area contributed by atoms with E-state index in [4.69, 9.17) is 0 Å². The summed E-state index contributed by atoms with van der Waals surface area (Å²) in [5, 5.41) is 8.67. The number of benzene rings is 1. The Morgan fingerprint density at radius 1 is 1.02 bits per heavy atom. The second kappa shape index (κ2) is 13.1. The molecular weight excluding hydrogens is 588 g/mol. The maximum absolute atomic E-state index is 14.1. The molecule has 242 valence electrons. The van der Waals surface area contributed by atoms with Crippen molar-refractivity contribution < 1.29 is 37.5 Å². The van der Waals surface area contributed by atoms with Gasteiger partial charge in [0.2, 0.25) is 17.6 Å². The van der Waals surface area contributed by atoms with Crippen LogP contribution in [0.1, 0.15) is 74.7 Å². The molecule has 6 rings (SSSR count). The van der Waals surface area contributed by atoms with E-state index >= 15 is 0 Å². The first-order valence-electron chi connectivity index (χ1n) is 16.0. The second-order valence-corrected chi connectivity index (χ2v) is 12.8. The molecule has 1 aromatic heterocycles. The van der Waals surface area contributed by atoms with Crippen molar-refractivity contribution >= 4 is 40.3 Å². The molecule has 4 aliphatic rings. The number of carbonyl (C=O) groups excluding carboxylic acids is 5. The molecule has 2 aliphatic heterocycles. The van der Waals surface area contributed by atoms with Gasteiger partial charge in [0.1, 0.15) is 17.5 Å². The van der Waals surface area contributed by atoms with Gasteiger partial charge < -0.3 is 30.6 Å². The number of alkyl halides is 2. The molecule has 4 unspecified atom stereocenters. The van der Waals surface area contributed by atoms with Gasteiger partial charge in [-0.25, -0.2) is 0 Å². The van der Waals surface area contributed by atoms with Gasteiger partial charge in [0.25, 0.3) is 11.8 Å². The van der Waals surface area contributed by atoms with Crippen LogP contribution in [0, 0.1) is 17.8 Å². The van der Waals surface area contributed by atoms with E-state index in [1.54, 1.807) is 6.07 Å². The number of fused-ring (bicyclic) bond motifs is 2. The Balaban J connectivity index is 1.23. The third-order valence-corrected chi connectivity index (χ3v) is 9.97. The number of nitrogens with zero attached hydrogens (tertiary/aromatic N) is 1. The number of H-pyrrole nitrogens is 1. The molecule has 1 aromatic carbocycles. The molecule has 4 amide bonds. The molecule has 2 saturated heterocycles. The van der Waals surface area contributed by atoms with E-state index in [-0.39, 0.29) is 41.6 Å². The van der Waals surface area contributed by atoms with Crippen molar-refractivity contribution in [2.45, 2.75) is 88.9 Å². The maximum atomic E-state index is 14.1. The van der Waals surface area contributed by atoms with Gasteiger partial charge in [-0.2, -0.15) is 8.78 Å². The van der Waals surface area contributed by atoms with E-state index in [2.05, 4.69) is 25.7 Å². The normalized spacial score (nSPS) is 25.7. The summed E-state index contributed by atoms with van der Waals surface area (Å²) in [6, 6.07) is 3.77. The van der Waals surface area contributed by atoms with E-state index in [9.17, 15) is 32.8 Å². The highest BCUT2D eigenvalue weighted by atomic mass is 19.3. The van der Waals surface area contributed by atoms with Crippen molar-refractivity contribution in [2.75, 3.05) is 13.1 Å². The molecule has 0 spiro atoms. The van der Waals surface area contributed by atoms with E-state index in [1.165, 1.54) is 23.1 Å².